The van der Waals surface area contributed by atoms with E-state index in [2.05, 4.69) is 72.8 Å². The van der Waals surface area contributed by atoms with Gasteiger partial charge >= 0.3 is 0 Å². The lowest BCUT2D eigenvalue weighted by Gasteiger charge is -2.13. The zero-order valence-corrected chi connectivity index (χ0v) is 14.5. The van der Waals surface area contributed by atoms with Crippen molar-refractivity contribution < 1.29 is 9.47 Å². The van der Waals surface area contributed by atoms with Crippen LogP contribution in [0.3, 0.4) is 0 Å². The molecule has 0 aliphatic rings. The van der Waals surface area contributed by atoms with Gasteiger partial charge in [0.25, 0.3) is 0 Å². The fourth-order valence-corrected chi connectivity index (χ4v) is 3.54. The first-order valence-corrected chi connectivity index (χ1v) is 8.41. The molecule has 25 heavy (non-hydrogen) atoms. The quantitative estimate of drug-likeness (QED) is 0.485. The Labute approximate surface area is 147 Å². The van der Waals surface area contributed by atoms with Gasteiger partial charge in [0, 0.05) is 10.8 Å². The summed E-state index contributed by atoms with van der Waals surface area (Å²) in [5, 5.41) is 4.78. The molecule has 0 fully saturated rings. The molecule has 0 aliphatic carbocycles. The molecule has 4 aromatic rings. The summed E-state index contributed by atoms with van der Waals surface area (Å²) in [6, 6.07) is 25.3. The lowest BCUT2D eigenvalue weighted by molar-refractivity contribution is 0.419. The van der Waals surface area contributed by atoms with Crippen molar-refractivity contribution in [3.63, 3.8) is 0 Å². The summed E-state index contributed by atoms with van der Waals surface area (Å²) in [5.74, 6) is 1.83. The number of ether oxygens (including phenoxy) is 2. The molecule has 4 aromatic carbocycles. The summed E-state index contributed by atoms with van der Waals surface area (Å²) in [4.78, 5) is 0. The third-order valence-electron chi connectivity index (χ3n) is 4.77. The number of rotatable bonds is 4. The van der Waals surface area contributed by atoms with E-state index >= 15 is 0 Å². The van der Waals surface area contributed by atoms with Gasteiger partial charge in [0.05, 0.1) is 14.2 Å². The molecule has 0 bridgehead atoms. The zero-order chi connectivity index (χ0) is 17.2. The fraction of sp³-hybridized carbons (Fsp3) is 0.130. The van der Waals surface area contributed by atoms with Crippen LogP contribution in [-0.4, -0.2) is 14.2 Å². The highest BCUT2D eigenvalue weighted by Crippen LogP contribution is 2.33. The topological polar surface area (TPSA) is 18.5 Å². The summed E-state index contributed by atoms with van der Waals surface area (Å²) in [6.45, 7) is 0. The van der Waals surface area contributed by atoms with Gasteiger partial charge in [0.2, 0.25) is 0 Å². The molecule has 0 aliphatic heterocycles. The first-order valence-electron chi connectivity index (χ1n) is 8.41. The van der Waals surface area contributed by atoms with Crippen LogP contribution in [0, 0.1) is 0 Å². The van der Waals surface area contributed by atoms with Gasteiger partial charge in [0.1, 0.15) is 11.5 Å². The van der Waals surface area contributed by atoms with Gasteiger partial charge in [-0.15, -0.1) is 0 Å². The fourth-order valence-electron chi connectivity index (χ4n) is 3.54. The normalized spacial score (nSPS) is 11.0. The van der Waals surface area contributed by atoms with Gasteiger partial charge in [-0.05, 0) is 40.5 Å². The third kappa shape index (κ3) is 2.70. The van der Waals surface area contributed by atoms with Crippen molar-refractivity contribution in [1.29, 1.82) is 0 Å². The molecule has 0 radical (unpaired) electrons. The molecule has 0 atom stereocenters. The van der Waals surface area contributed by atoms with Crippen molar-refractivity contribution in [3.8, 4) is 11.5 Å². The molecule has 0 spiro atoms. The van der Waals surface area contributed by atoms with E-state index in [0.717, 1.165) is 28.7 Å². The van der Waals surface area contributed by atoms with Crippen molar-refractivity contribution >= 4 is 21.5 Å². The van der Waals surface area contributed by atoms with E-state index in [9.17, 15) is 0 Å². The summed E-state index contributed by atoms with van der Waals surface area (Å²) < 4.78 is 11.0. The average molecular weight is 328 g/mol. The van der Waals surface area contributed by atoms with Crippen LogP contribution >= 0.6 is 0 Å². The van der Waals surface area contributed by atoms with Gasteiger partial charge in [-0.25, -0.2) is 0 Å². The second kappa shape index (κ2) is 6.48. The Hall–Kier alpha value is -3.00. The molecular formula is C23H20O2. The van der Waals surface area contributed by atoms with Crippen molar-refractivity contribution in [3.05, 3.63) is 83.9 Å². The average Bonchev–Trinajstić information content (AvgIpc) is 2.68. The van der Waals surface area contributed by atoms with Crippen LogP contribution in [0.1, 0.15) is 11.1 Å². The largest absolute Gasteiger partial charge is 0.496 e. The maximum atomic E-state index is 5.52. The van der Waals surface area contributed by atoms with E-state index in [0.29, 0.717) is 0 Å². The van der Waals surface area contributed by atoms with Crippen molar-refractivity contribution in [2.45, 2.75) is 6.42 Å². The Morgan fingerprint density at radius 3 is 1.32 bits per heavy atom. The van der Waals surface area contributed by atoms with Crippen LogP contribution in [0.5, 0.6) is 11.5 Å². The van der Waals surface area contributed by atoms with Crippen LogP contribution in [0.25, 0.3) is 21.5 Å². The van der Waals surface area contributed by atoms with Crippen LogP contribution in [0.15, 0.2) is 72.8 Å². The first-order chi connectivity index (χ1) is 12.3. The molecule has 0 amide bonds. The van der Waals surface area contributed by atoms with Crippen LogP contribution in [0.4, 0.5) is 0 Å². The SMILES string of the molecule is COc1ccc(Cc2ccc(OC)c3ccccc23)c2ccccc12. The molecule has 0 saturated carbocycles. The smallest absolute Gasteiger partial charge is 0.126 e. The van der Waals surface area contributed by atoms with E-state index in [1.165, 1.54) is 21.9 Å². The number of benzene rings is 4. The molecular weight excluding hydrogens is 308 g/mol. The molecule has 0 saturated heterocycles. The Morgan fingerprint density at radius 1 is 0.520 bits per heavy atom. The van der Waals surface area contributed by atoms with Gasteiger partial charge in [-0.2, -0.15) is 0 Å². The maximum absolute atomic E-state index is 5.52. The van der Waals surface area contributed by atoms with Gasteiger partial charge in [0.15, 0.2) is 0 Å². The van der Waals surface area contributed by atoms with E-state index in [1.807, 2.05) is 0 Å². The van der Waals surface area contributed by atoms with E-state index in [-0.39, 0.29) is 0 Å². The van der Waals surface area contributed by atoms with Crippen LogP contribution < -0.4 is 9.47 Å². The molecule has 2 nitrogen and oxygen atoms in total. The monoisotopic (exact) mass is 328 g/mol. The van der Waals surface area contributed by atoms with Crippen LogP contribution in [0.2, 0.25) is 0 Å². The molecule has 2 heteroatoms. The molecule has 0 aromatic heterocycles. The van der Waals surface area contributed by atoms with E-state index < -0.39 is 0 Å². The number of hydrogen-bond donors (Lipinski definition) is 0. The standard InChI is InChI=1S/C23H20O2/c1-24-22-13-11-16(18-7-3-5-9-20(18)22)15-17-12-14-23(25-2)21-10-6-4-8-19(17)21/h3-14H,15H2,1-2H3. The number of hydrogen-bond acceptors (Lipinski definition) is 2. The predicted octanol–water partition coefficient (Wildman–Crippen LogP) is 5.60. The highest BCUT2D eigenvalue weighted by atomic mass is 16.5. The third-order valence-corrected chi connectivity index (χ3v) is 4.77. The Bertz CT molecular complexity index is 965. The predicted molar refractivity (Wildman–Crippen MR) is 104 cm³/mol. The van der Waals surface area contributed by atoms with Crippen molar-refractivity contribution in [2.24, 2.45) is 0 Å². The lowest BCUT2D eigenvalue weighted by atomic mass is 9.94. The highest BCUT2D eigenvalue weighted by Gasteiger charge is 2.10. The number of methoxy groups -OCH3 is 2. The minimum Gasteiger partial charge on any atom is -0.496 e. The summed E-state index contributed by atoms with van der Waals surface area (Å²) in [6.07, 6.45) is 0.870. The molecule has 0 heterocycles. The molecule has 124 valence electrons. The highest BCUT2D eigenvalue weighted by molar-refractivity contribution is 5.94. The van der Waals surface area contributed by atoms with Crippen molar-refractivity contribution in [2.75, 3.05) is 14.2 Å². The van der Waals surface area contributed by atoms with Crippen LogP contribution in [-0.2, 0) is 6.42 Å². The van der Waals surface area contributed by atoms with Gasteiger partial charge < -0.3 is 9.47 Å². The van der Waals surface area contributed by atoms with Gasteiger partial charge in [-0.3, -0.25) is 0 Å². The molecule has 0 unspecified atom stereocenters. The Balaban J connectivity index is 1.87. The molecule has 0 N–H and O–H groups in total. The Morgan fingerprint density at radius 2 is 0.920 bits per heavy atom. The van der Waals surface area contributed by atoms with Crippen molar-refractivity contribution in [1.82, 2.24) is 0 Å². The van der Waals surface area contributed by atoms with E-state index in [4.69, 9.17) is 9.47 Å². The van der Waals surface area contributed by atoms with E-state index in [1.54, 1.807) is 14.2 Å². The summed E-state index contributed by atoms with van der Waals surface area (Å²) in [5.41, 5.74) is 2.60. The zero-order valence-electron chi connectivity index (χ0n) is 14.5. The summed E-state index contributed by atoms with van der Waals surface area (Å²) >= 11 is 0. The Kier molecular flexibility index (Phi) is 4.02. The van der Waals surface area contributed by atoms with Gasteiger partial charge in [-0.1, -0.05) is 60.7 Å². The second-order valence-electron chi connectivity index (χ2n) is 6.12. The minimum absolute atomic E-state index is 0.870. The maximum Gasteiger partial charge on any atom is 0.126 e. The lowest BCUT2D eigenvalue weighted by Crippen LogP contribution is -1.95. The first kappa shape index (κ1) is 15.5. The molecule has 4 rings (SSSR count). The number of fused-ring (bicyclic) bond motifs is 2. The minimum atomic E-state index is 0.870. The second-order valence-corrected chi connectivity index (χ2v) is 6.12. The summed E-state index contributed by atoms with van der Waals surface area (Å²) in [7, 11) is 3.44.